The molecule has 3 rings (SSSR count). The Hall–Kier alpha value is -2.47. The van der Waals surface area contributed by atoms with Crippen LogP contribution in [0.15, 0.2) is 24.3 Å². The fourth-order valence-corrected chi connectivity index (χ4v) is 3.57. The van der Waals surface area contributed by atoms with Crippen molar-refractivity contribution in [1.29, 1.82) is 0 Å². The molecule has 0 bridgehead atoms. The largest absolute Gasteiger partial charge is 0.573 e. The lowest BCUT2D eigenvalue weighted by atomic mass is 10.2. The van der Waals surface area contributed by atoms with Gasteiger partial charge in [-0.05, 0) is 31.2 Å². The summed E-state index contributed by atoms with van der Waals surface area (Å²) in [4.78, 5) is 15.2. The monoisotopic (exact) mass is 470 g/mol. The number of nitrogens with zero attached hydrogens (tertiary/aromatic N) is 4. The zero-order chi connectivity index (χ0) is 23.0. The number of hydrogen-bond donors (Lipinski definition) is 0. The molecule has 1 atom stereocenters. The number of benzene rings is 1. The summed E-state index contributed by atoms with van der Waals surface area (Å²) >= 11 is 5.77. The number of halogens is 7. The Morgan fingerprint density at radius 2 is 1.65 bits per heavy atom. The summed E-state index contributed by atoms with van der Waals surface area (Å²) in [5.74, 6) is -0.345. The van der Waals surface area contributed by atoms with E-state index < -0.39 is 29.4 Å². The second-order valence-electron chi connectivity index (χ2n) is 6.80. The van der Waals surface area contributed by atoms with Crippen LogP contribution in [0.4, 0.5) is 32.0 Å². The van der Waals surface area contributed by atoms with Crippen molar-refractivity contribution >= 4 is 23.6 Å². The van der Waals surface area contributed by atoms with Crippen LogP contribution in [-0.4, -0.2) is 53.5 Å². The molecule has 0 saturated carbocycles. The predicted octanol–water partition coefficient (Wildman–Crippen LogP) is 4.28. The Morgan fingerprint density at radius 1 is 1.06 bits per heavy atom. The van der Waals surface area contributed by atoms with Crippen molar-refractivity contribution in [2.45, 2.75) is 25.6 Å². The minimum Gasteiger partial charge on any atom is -0.406 e. The first-order valence-electron chi connectivity index (χ1n) is 9.02. The highest BCUT2D eigenvalue weighted by atomic mass is 35.5. The Morgan fingerprint density at radius 3 is 2.10 bits per heavy atom. The third-order valence-electron chi connectivity index (χ3n) is 4.84. The number of anilines is 1. The normalized spacial score (nSPS) is 17.0. The summed E-state index contributed by atoms with van der Waals surface area (Å²) in [6.07, 6.45) is -10.1. The molecular weight excluding hydrogens is 454 g/mol. The smallest absolute Gasteiger partial charge is 0.406 e. The number of hydrogen-bond acceptors (Lipinski definition) is 5. The molecule has 0 aliphatic carbocycles. The molecule has 0 N–H and O–H groups in total. The highest BCUT2D eigenvalue weighted by Gasteiger charge is 2.40. The molecule has 1 unspecified atom stereocenters. The summed E-state index contributed by atoms with van der Waals surface area (Å²) in [6, 6.07) is 5.33. The second-order valence-corrected chi connectivity index (χ2v) is 7.18. The average Bonchev–Trinajstić information content (AvgIpc) is 2.98. The molecular formula is C18H17ClF6N4O2. The molecule has 1 aliphatic heterocycles. The third-order valence-corrected chi connectivity index (χ3v) is 5.29. The molecule has 1 fully saturated rings. The van der Waals surface area contributed by atoms with Gasteiger partial charge in [0.05, 0.1) is 10.7 Å². The van der Waals surface area contributed by atoms with Gasteiger partial charge in [-0.2, -0.15) is 18.3 Å². The van der Waals surface area contributed by atoms with Crippen LogP contribution in [0, 0.1) is 6.92 Å². The lowest BCUT2D eigenvalue weighted by Gasteiger charge is -2.38. The van der Waals surface area contributed by atoms with Crippen molar-refractivity contribution in [2.24, 2.45) is 0 Å². The highest BCUT2D eigenvalue weighted by Crippen LogP contribution is 2.36. The van der Waals surface area contributed by atoms with Crippen LogP contribution in [0.1, 0.15) is 17.6 Å². The van der Waals surface area contributed by atoms with Crippen molar-refractivity contribution in [2.75, 3.05) is 31.1 Å². The van der Waals surface area contributed by atoms with E-state index in [2.05, 4.69) is 9.84 Å². The van der Waals surface area contributed by atoms with Gasteiger partial charge >= 0.3 is 12.5 Å². The van der Waals surface area contributed by atoms with Gasteiger partial charge in [0.15, 0.2) is 18.1 Å². The maximum Gasteiger partial charge on any atom is 0.573 e. The van der Waals surface area contributed by atoms with E-state index in [1.807, 2.05) is 4.90 Å². The molecule has 1 aromatic heterocycles. The van der Waals surface area contributed by atoms with Gasteiger partial charge in [0.25, 0.3) is 0 Å². The molecule has 2 aromatic rings. The van der Waals surface area contributed by atoms with Gasteiger partial charge in [-0.15, -0.1) is 13.2 Å². The number of aromatic nitrogens is 2. The van der Waals surface area contributed by atoms with E-state index in [9.17, 15) is 31.1 Å². The van der Waals surface area contributed by atoms with Crippen LogP contribution < -0.4 is 9.64 Å². The number of rotatable bonds is 5. The van der Waals surface area contributed by atoms with Gasteiger partial charge in [-0.3, -0.25) is 9.69 Å². The SMILES string of the molecule is Cc1c(Cl)c(C(F)(F)F)nn1C(C=O)N1CCN(c2ccc(OC(F)(F)F)cc2)CC1. The summed E-state index contributed by atoms with van der Waals surface area (Å²) in [7, 11) is 0. The number of aldehydes is 1. The molecule has 1 aromatic carbocycles. The molecule has 13 heteroatoms. The van der Waals surface area contributed by atoms with Gasteiger partial charge in [0.1, 0.15) is 5.75 Å². The maximum atomic E-state index is 13.1. The third kappa shape index (κ3) is 5.24. The minimum absolute atomic E-state index is 0.0220. The van der Waals surface area contributed by atoms with Crippen LogP contribution >= 0.6 is 11.6 Å². The van der Waals surface area contributed by atoms with Crippen molar-refractivity contribution in [1.82, 2.24) is 14.7 Å². The van der Waals surface area contributed by atoms with E-state index in [0.717, 1.165) is 4.68 Å². The molecule has 6 nitrogen and oxygen atoms in total. The Bertz CT molecular complexity index is 921. The molecule has 0 radical (unpaired) electrons. The van der Waals surface area contributed by atoms with Crippen LogP contribution in [0.3, 0.4) is 0 Å². The molecule has 0 amide bonds. The van der Waals surface area contributed by atoms with Gasteiger partial charge in [0.2, 0.25) is 0 Å². The second kappa shape index (κ2) is 8.58. The minimum atomic E-state index is -4.78. The number of alkyl halides is 6. The van der Waals surface area contributed by atoms with E-state index in [1.54, 1.807) is 4.90 Å². The summed E-state index contributed by atoms with van der Waals surface area (Å²) in [5, 5.41) is 2.95. The first-order valence-corrected chi connectivity index (χ1v) is 9.40. The molecule has 2 heterocycles. The van der Waals surface area contributed by atoms with Crippen molar-refractivity contribution < 1.29 is 35.9 Å². The van der Waals surface area contributed by atoms with Gasteiger partial charge in [-0.25, -0.2) is 4.68 Å². The van der Waals surface area contributed by atoms with Crippen LogP contribution in [0.25, 0.3) is 0 Å². The molecule has 31 heavy (non-hydrogen) atoms. The number of piperazine rings is 1. The van der Waals surface area contributed by atoms with Gasteiger partial charge in [0, 0.05) is 31.9 Å². The van der Waals surface area contributed by atoms with Crippen LogP contribution in [0.5, 0.6) is 5.75 Å². The molecule has 1 aliphatic rings. The summed E-state index contributed by atoms with van der Waals surface area (Å²) < 4.78 is 80.8. The Balaban J connectivity index is 1.69. The van der Waals surface area contributed by atoms with Crippen molar-refractivity contribution in [3.05, 3.63) is 40.7 Å². The number of carbonyl (C=O) groups is 1. The van der Waals surface area contributed by atoms with Gasteiger partial charge < -0.3 is 9.64 Å². The first kappa shape index (κ1) is 23.2. The number of carbonyl (C=O) groups excluding carboxylic acids is 1. The van der Waals surface area contributed by atoms with E-state index in [0.29, 0.717) is 38.2 Å². The van der Waals surface area contributed by atoms with Crippen LogP contribution in [0.2, 0.25) is 5.02 Å². The van der Waals surface area contributed by atoms with E-state index in [4.69, 9.17) is 11.6 Å². The van der Waals surface area contributed by atoms with E-state index in [1.165, 1.54) is 31.2 Å². The predicted molar refractivity (Wildman–Crippen MR) is 99.0 cm³/mol. The van der Waals surface area contributed by atoms with E-state index in [-0.39, 0.29) is 11.4 Å². The van der Waals surface area contributed by atoms with Crippen molar-refractivity contribution in [3.63, 3.8) is 0 Å². The number of ether oxygens (including phenoxy) is 1. The van der Waals surface area contributed by atoms with Crippen molar-refractivity contribution in [3.8, 4) is 5.75 Å². The molecule has 1 saturated heterocycles. The first-order chi connectivity index (χ1) is 14.4. The molecule has 0 spiro atoms. The zero-order valence-corrected chi connectivity index (χ0v) is 16.8. The zero-order valence-electron chi connectivity index (χ0n) is 16.0. The van der Waals surface area contributed by atoms with E-state index >= 15 is 0 Å². The topological polar surface area (TPSA) is 50.6 Å². The maximum absolute atomic E-state index is 13.1. The fourth-order valence-electron chi connectivity index (χ4n) is 3.34. The highest BCUT2D eigenvalue weighted by molar-refractivity contribution is 6.32. The summed E-state index contributed by atoms with van der Waals surface area (Å²) in [6.45, 7) is 2.75. The van der Waals surface area contributed by atoms with Gasteiger partial charge in [-0.1, -0.05) is 11.6 Å². The average molecular weight is 471 g/mol. The molecule has 170 valence electrons. The quantitative estimate of drug-likeness (QED) is 0.482. The lowest BCUT2D eigenvalue weighted by Crippen LogP contribution is -2.49. The Kier molecular flexibility index (Phi) is 6.42. The lowest BCUT2D eigenvalue weighted by molar-refractivity contribution is -0.274. The fraction of sp³-hybridized carbons (Fsp3) is 0.444. The van der Waals surface area contributed by atoms with Crippen LogP contribution in [-0.2, 0) is 11.0 Å². The standard InChI is InChI=1S/C18H17ClF6N4O2/c1-11-15(19)16(17(20,21)22)26-29(11)14(10-30)28-8-6-27(7-9-28)12-2-4-13(5-3-12)31-18(23,24)25/h2-5,10,14H,6-9H2,1H3. The summed E-state index contributed by atoms with van der Waals surface area (Å²) in [5.41, 5.74) is -0.582. The Labute approximate surface area is 177 Å².